The van der Waals surface area contributed by atoms with Gasteiger partial charge in [-0.1, -0.05) is 30.7 Å². The maximum atomic E-state index is 10.9. The highest BCUT2D eigenvalue weighted by Gasteiger charge is 2.18. The number of aliphatic carboxylic acids is 1. The molecule has 0 aliphatic carbocycles. The van der Waals surface area contributed by atoms with Crippen LogP contribution in [-0.2, 0) is 11.2 Å². The zero-order valence-corrected chi connectivity index (χ0v) is 11.8. The summed E-state index contributed by atoms with van der Waals surface area (Å²) in [6.07, 6.45) is 1.17. The van der Waals surface area contributed by atoms with Crippen LogP contribution >= 0.6 is 11.6 Å². The lowest BCUT2D eigenvalue weighted by Gasteiger charge is -2.14. The van der Waals surface area contributed by atoms with Gasteiger partial charge in [0, 0.05) is 11.4 Å². The Bertz CT molecular complexity index is 600. The molecule has 2 rings (SSSR count). The molecule has 1 aromatic carbocycles. The normalized spacial score (nSPS) is 12.3. The maximum Gasteiger partial charge on any atom is 0.305 e. The zero-order valence-electron chi connectivity index (χ0n) is 11.0. The van der Waals surface area contributed by atoms with E-state index in [2.05, 4.69) is 15.5 Å². The Morgan fingerprint density at radius 2 is 2.30 bits per heavy atom. The minimum atomic E-state index is -0.860. The maximum absolute atomic E-state index is 10.9. The van der Waals surface area contributed by atoms with Crippen LogP contribution in [0.1, 0.15) is 37.2 Å². The van der Waals surface area contributed by atoms with Crippen molar-refractivity contribution in [3.8, 4) is 0 Å². The second-order valence-electron chi connectivity index (χ2n) is 4.51. The number of carboxylic acid groups (broad SMARTS) is 1. The van der Waals surface area contributed by atoms with Gasteiger partial charge in [-0.3, -0.25) is 4.79 Å². The van der Waals surface area contributed by atoms with Crippen molar-refractivity contribution < 1.29 is 9.90 Å². The standard InChI is InChI=1S/C13H15ClN4O2/c1-2-11(8-13(19)20)18-12(15-16-17-18)7-9-4-3-5-10(14)6-9/h3-6,11H,2,7-8H2,1H3,(H,19,20). The number of hydrogen-bond donors (Lipinski definition) is 1. The predicted molar refractivity (Wildman–Crippen MR) is 73.7 cm³/mol. The highest BCUT2D eigenvalue weighted by Crippen LogP contribution is 2.19. The van der Waals surface area contributed by atoms with E-state index in [-0.39, 0.29) is 12.5 Å². The van der Waals surface area contributed by atoms with Crippen LogP contribution in [0.25, 0.3) is 0 Å². The summed E-state index contributed by atoms with van der Waals surface area (Å²) in [5.41, 5.74) is 0.985. The topological polar surface area (TPSA) is 80.9 Å². The van der Waals surface area contributed by atoms with E-state index in [0.29, 0.717) is 23.7 Å². The molecular formula is C13H15ClN4O2. The summed E-state index contributed by atoms with van der Waals surface area (Å²) in [4.78, 5) is 10.9. The average molecular weight is 295 g/mol. The first-order valence-corrected chi connectivity index (χ1v) is 6.71. The van der Waals surface area contributed by atoms with Gasteiger partial charge in [0.15, 0.2) is 5.82 Å². The van der Waals surface area contributed by atoms with E-state index in [1.54, 1.807) is 10.7 Å². The summed E-state index contributed by atoms with van der Waals surface area (Å²) in [5.74, 6) is -0.221. The molecule has 0 spiro atoms. The fourth-order valence-electron chi connectivity index (χ4n) is 2.05. The summed E-state index contributed by atoms with van der Waals surface area (Å²) >= 11 is 5.95. The van der Waals surface area contributed by atoms with Crippen LogP contribution < -0.4 is 0 Å². The monoisotopic (exact) mass is 294 g/mol. The van der Waals surface area contributed by atoms with Crippen LogP contribution in [-0.4, -0.2) is 31.3 Å². The van der Waals surface area contributed by atoms with Crippen LogP contribution in [0.5, 0.6) is 0 Å². The molecule has 0 radical (unpaired) electrons. The van der Waals surface area contributed by atoms with Gasteiger partial charge in [0.25, 0.3) is 0 Å². The van der Waals surface area contributed by atoms with Gasteiger partial charge in [0.05, 0.1) is 12.5 Å². The van der Waals surface area contributed by atoms with Crippen molar-refractivity contribution in [1.82, 2.24) is 20.2 Å². The molecule has 106 valence electrons. The van der Waals surface area contributed by atoms with Gasteiger partial charge >= 0.3 is 5.97 Å². The van der Waals surface area contributed by atoms with Crippen LogP contribution in [0.15, 0.2) is 24.3 Å². The zero-order chi connectivity index (χ0) is 14.5. The molecule has 0 saturated carbocycles. The van der Waals surface area contributed by atoms with Gasteiger partial charge in [0.1, 0.15) is 0 Å². The van der Waals surface area contributed by atoms with E-state index < -0.39 is 5.97 Å². The Hall–Kier alpha value is -1.95. The second kappa shape index (κ2) is 6.47. The van der Waals surface area contributed by atoms with E-state index in [0.717, 1.165) is 5.56 Å². The summed E-state index contributed by atoms with van der Waals surface area (Å²) in [5, 5.41) is 21.1. The molecule has 7 heteroatoms. The molecule has 1 heterocycles. The first kappa shape index (κ1) is 14.5. The van der Waals surface area contributed by atoms with E-state index in [1.807, 2.05) is 25.1 Å². The van der Waals surface area contributed by atoms with Gasteiger partial charge in [-0.15, -0.1) is 5.10 Å². The van der Waals surface area contributed by atoms with Crippen molar-refractivity contribution >= 4 is 17.6 Å². The van der Waals surface area contributed by atoms with Crippen molar-refractivity contribution in [2.45, 2.75) is 32.2 Å². The lowest BCUT2D eigenvalue weighted by Crippen LogP contribution is -2.17. The average Bonchev–Trinajstić information content (AvgIpc) is 2.84. The Balaban J connectivity index is 2.21. The third-order valence-electron chi connectivity index (χ3n) is 3.04. The lowest BCUT2D eigenvalue weighted by atomic mass is 10.1. The van der Waals surface area contributed by atoms with Crippen LogP contribution in [0.4, 0.5) is 0 Å². The minimum absolute atomic E-state index is 0.00405. The number of tetrazole rings is 1. The molecule has 1 unspecified atom stereocenters. The van der Waals surface area contributed by atoms with Crippen molar-refractivity contribution in [2.24, 2.45) is 0 Å². The van der Waals surface area contributed by atoms with Gasteiger partial charge in [-0.25, -0.2) is 4.68 Å². The molecule has 6 nitrogen and oxygen atoms in total. The molecule has 2 aromatic rings. The predicted octanol–water partition coefficient (Wildman–Crippen LogP) is 2.34. The van der Waals surface area contributed by atoms with Gasteiger partial charge in [-0.2, -0.15) is 0 Å². The molecule has 20 heavy (non-hydrogen) atoms. The van der Waals surface area contributed by atoms with E-state index in [1.165, 1.54) is 0 Å². The van der Waals surface area contributed by atoms with Crippen molar-refractivity contribution in [3.05, 3.63) is 40.7 Å². The Kier molecular flexibility index (Phi) is 4.68. The quantitative estimate of drug-likeness (QED) is 0.884. The smallest absolute Gasteiger partial charge is 0.305 e. The largest absolute Gasteiger partial charge is 0.481 e. The number of rotatable bonds is 6. The highest BCUT2D eigenvalue weighted by molar-refractivity contribution is 6.30. The molecule has 0 bridgehead atoms. The van der Waals surface area contributed by atoms with Crippen molar-refractivity contribution in [3.63, 3.8) is 0 Å². The Morgan fingerprint density at radius 3 is 2.95 bits per heavy atom. The number of nitrogens with zero attached hydrogens (tertiary/aromatic N) is 4. The molecule has 0 aliphatic rings. The SMILES string of the molecule is CCC(CC(=O)O)n1nnnc1Cc1cccc(Cl)c1. The van der Waals surface area contributed by atoms with E-state index in [4.69, 9.17) is 16.7 Å². The molecule has 0 saturated heterocycles. The van der Waals surface area contributed by atoms with E-state index >= 15 is 0 Å². The van der Waals surface area contributed by atoms with Crippen LogP contribution in [0.3, 0.4) is 0 Å². The molecular weight excluding hydrogens is 280 g/mol. The molecule has 0 aliphatic heterocycles. The molecule has 0 amide bonds. The number of hydrogen-bond acceptors (Lipinski definition) is 4. The number of carbonyl (C=O) groups is 1. The molecule has 1 aromatic heterocycles. The second-order valence-corrected chi connectivity index (χ2v) is 4.94. The third kappa shape index (κ3) is 3.54. The van der Waals surface area contributed by atoms with Crippen molar-refractivity contribution in [2.75, 3.05) is 0 Å². The fraction of sp³-hybridized carbons (Fsp3) is 0.385. The Labute approximate surface area is 121 Å². The molecule has 1 atom stereocenters. The summed E-state index contributed by atoms with van der Waals surface area (Å²) in [6, 6.07) is 7.20. The van der Waals surface area contributed by atoms with Crippen molar-refractivity contribution in [1.29, 1.82) is 0 Å². The van der Waals surface area contributed by atoms with Crippen LogP contribution in [0, 0.1) is 0 Å². The first-order valence-electron chi connectivity index (χ1n) is 6.33. The lowest BCUT2D eigenvalue weighted by molar-refractivity contribution is -0.138. The third-order valence-corrected chi connectivity index (χ3v) is 3.27. The first-order chi connectivity index (χ1) is 9.60. The van der Waals surface area contributed by atoms with E-state index in [9.17, 15) is 4.79 Å². The number of carboxylic acids is 1. The van der Waals surface area contributed by atoms with Gasteiger partial charge < -0.3 is 5.11 Å². The summed E-state index contributed by atoms with van der Waals surface area (Å²) < 4.78 is 1.59. The van der Waals surface area contributed by atoms with Gasteiger partial charge in [0.2, 0.25) is 0 Å². The highest BCUT2D eigenvalue weighted by atomic mass is 35.5. The molecule has 1 N–H and O–H groups in total. The minimum Gasteiger partial charge on any atom is -0.481 e. The fourth-order valence-corrected chi connectivity index (χ4v) is 2.26. The van der Waals surface area contributed by atoms with Crippen LogP contribution in [0.2, 0.25) is 5.02 Å². The summed E-state index contributed by atoms with van der Waals surface area (Å²) in [7, 11) is 0. The Morgan fingerprint density at radius 1 is 1.50 bits per heavy atom. The summed E-state index contributed by atoms with van der Waals surface area (Å²) in [6.45, 7) is 1.92. The van der Waals surface area contributed by atoms with Gasteiger partial charge in [-0.05, 0) is 34.5 Å². The molecule has 0 fully saturated rings. The number of benzene rings is 1. The number of aromatic nitrogens is 4. The number of halogens is 1.